The van der Waals surface area contributed by atoms with Crippen LogP contribution < -0.4 is 0 Å². The Bertz CT molecular complexity index is 474. The first-order valence-corrected chi connectivity index (χ1v) is 6.71. The van der Waals surface area contributed by atoms with Gasteiger partial charge in [0.1, 0.15) is 11.9 Å². The molecule has 1 heterocycles. The third-order valence-electron chi connectivity index (χ3n) is 2.39. The van der Waals surface area contributed by atoms with E-state index in [1.807, 2.05) is 0 Å². The van der Waals surface area contributed by atoms with Crippen molar-refractivity contribution in [3.63, 3.8) is 0 Å². The molecule has 0 fully saturated rings. The number of carbonyl (C=O) groups is 2. The summed E-state index contributed by atoms with van der Waals surface area (Å²) < 4.78 is 8.86. The van der Waals surface area contributed by atoms with Gasteiger partial charge in [0.05, 0.1) is 5.56 Å². The molecule has 1 aliphatic heterocycles. The van der Waals surface area contributed by atoms with E-state index in [0.717, 1.165) is 0 Å². The molecule has 90 valence electrons. The lowest BCUT2D eigenvalue weighted by Crippen LogP contribution is -2.23. The minimum Gasteiger partial charge on any atom is -0.454 e. The van der Waals surface area contributed by atoms with E-state index < -0.39 is 16.4 Å². The summed E-state index contributed by atoms with van der Waals surface area (Å²) in [5.74, 6) is -0.896. The van der Waals surface area contributed by atoms with Gasteiger partial charge in [-0.25, -0.2) is 4.79 Å². The Morgan fingerprint density at radius 3 is 2.82 bits per heavy atom. The number of carbonyl (C=O) groups excluding carboxylic acids is 2. The van der Waals surface area contributed by atoms with Gasteiger partial charge < -0.3 is 9.47 Å². The van der Waals surface area contributed by atoms with E-state index in [4.69, 9.17) is 9.47 Å². The SMILES string of the molecule is O=C(CC1(Br)OC(=O)c2ccccc21)OCBr. The highest BCUT2D eigenvalue weighted by molar-refractivity contribution is 9.09. The fourth-order valence-electron chi connectivity index (χ4n) is 1.67. The van der Waals surface area contributed by atoms with Crippen LogP contribution in [0.4, 0.5) is 0 Å². The molecule has 0 amide bonds. The van der Waals surface area contributed by atoms with Gasteiger partial charge in [-0.15, -0.1) is 0 Å². The molecule has 0 bridgehead atoms. The van der Waals surface area contributed by atoms with Gasteiger partial charge in [0.2, 0.25) is 4.51 Å². The first kappa shape index (κ1) is 12.6. The zero-order chi connectivity index (χ0) is 12.5. The summed E-state index contributed by atoms with van der Waals surface area (Å²) in [5.41, 5.74) is 1.23. The van der Waals surface area contributed by atoms with Crippen molar-refractivity contribution in [2.24, 2.45) is 0 Å². The maximum Gasteiger partial charge on any atom is 0.340 e. The molecule has 1 atom stereocenters. The van der Waals surface area contributed by atoms with Crippen molar-refractivity contribution in [3.05, 3.63) is 35.4 Å². The van der Waals surface area contributed by atoms with Crippen molar-refractivity contribution in [2.45, 2.75) is 10.9 Å². The topological polar surface area (TPSA) is 52.6 Å². The predicted molar refractivity (Wildman–Crippen MR) is 67.0 cm³/mol. The molecule has 0 aromatic heterocycles. The number of fused-ring (bicyclic) bond motifs is 1. The van der Waals surface area contributed by atoms with Crippen LogP contribution in [-0.4, -0.2) is 17.5 Å². The molecule has 17 heavy (non-hydrogen) atoms. The van der Waals surface area contributed by atoms with Crippen molar-refractivity contribution in [1.82, 2.24) is 0 Å². The van der Waals surface area contributed by atoms with E-state index in [9.17, 15) is 9.59 Å². The smallest absolute Gasteiger partial charge is 0.340 e. The van der Waals surface area contributed by atoms with Gasteiger partial charge in [-0.1, -0.05) is 18.2 Å². The number of hydrogen-bond donors (Lipinski definition) is 0. The first-order valence-electron chi connectivity index (χ1n) is 4.80. The lowest BCUT2D eigenvalue weighted by molar-refractivity contribution is -0.144. The molecular weight excluding hydrogens is 356 g/mol. The van der Waals surface area contributed by atoms with Gasteiger partial charge >= 0.3 is 11.9 Å². The standard InChI is InChI=1S/C11H8Br2O4/c12-6-16-9(14)5-11(13)8-4-2-1-3-7(8)10(15)17-11/h1-4H,5-6H2. The minimum absolute atomic E-state index is 0.0681. The molecular formula is C11H8Br2O4. The number of esters is 2. The van der Waals surface area contributed by atoms with Gasteiger partial charge in [0.25, 0.3) is 0 Å². The molecule has 1 aromatic carbocycles. The van der Waals surface area contributed by atoms with E-state index in [-0.39, 0.29) is 11.9 Å². The zero-order valence-electron chi connectivity index (χ0n) is 8.61. The van der Waals surface area contributed by atoms with E-state index in [0.29, 0.717) is 11.1 Å². The Kier molecular flexibility index (Phi) is 3.53. The van der Waals surface area contributed by atoms with E-state index in [1.54, 1.807) is 24.3 Å². The molecule has 1 aromatic rings. The Labute approximate surface area is 115 Å². The number of benzene rings is 1. The second kappa shape index (κ2) is 4.78. The highest BCUT2D eigenvalue weighted by Gasteiger charge is 2.45. The molecule has 1 unspecified atom stereocenters. The van der Waals surface area contributed by atoms with Gasteiger partial charge in [0, 0.05) is 5.56 Å². The number of hydrogen-bond acceptors (Lipinski definition) is 4. The maximum absolute atomic E-state index is 11.6. The van der Waals surface area contributed by atoms with Crippen LogP contribution in [-0.2, 0) is 18.8 Å². The van der Waals surface area contributed by atoms with Crippen molar-refractivity contribution < 1.29 is 19.1 Å². The van der Waals surface area contributed by atoms with Crippen LogP contribution in [0.3, 0.4) is 0 Å². The number of rotatable bonds is 3. The maximum atomic E-state index is 11.6. The molecule has 0 saturated heterocycles. The lowest BCUT2D eigenvalue weighted by Gasteiger charge is -2.20. The van der Waals surface area contributed by atoms with Crippen LogP contribution in [0.5, 0.6) is 0 Å². The summed E-state index contributed by atoms with van der Waals surface area (Å²) in [7, 11) is 0. The molecule has 6 heteroatoms. The van der Waals surface area contributed by atoms with Crippen LogP contribution in [0, 0.1) is 0 Å². The minimum atomic E-state index is -1.11. The Hall–Kier alpha value is -0.880. The summed E-state index contributed by atoms with van der Waals surface area (Å²) >= 11 is 6.29. The average molecular weight is 364 g/mol. The summed E-state index contributed by atoms with van der Waals surface area (Å²) in [4.78, 5) is 23.1. The zero-order valence-corrected chi connectivity index (χ0v) is 11.8. The van der Waals surface area contributed by atoms with E-state index >= 15 is 0 Å². The van der Waals surface area contributed by atoms with Crippen molar-refractivity contribution >= 4 is 43.8 Å². The third-order valence-corrected chi connectivity index (χ3v) is 3.49. The molecule has 2 rings (SSSR count). The van der Waals surface area contributed by atoms with Gasteiger partial charge in [0.15, 0.2) is 0 Å². The Balaban J connectivity index is 2.28. The van der Waals surface area contributed by atoms with Crippen LogP contribution >= 0.6 is 31.9 Å². The molecule has 0 saturated carbocycles. The number of halogens is 2. The van der Waals surface area contributed by atoms with Crippen molar-refractivity contribution in [1.29, 1.82) is 0 Å². The van der Waals surface area contributed by atoms with Crippen LogP contribution in [0.2, 0.25) is 0 Å². The van der Waals surface area contributed by atoms with Gasteiger partial charge in [-0.2, -0.15) is 0 Å². The highest BCUT2D eigenvalue weighted by atomic mass is 79.9. The normalized spacial score (nSPS) is 21.9. The quantitative estimate of drug-likeness (QED) is 0.612. The molecule has 0 radical (unpaired) electrons. The highest BCUT2D eigenvalue weighted by Crippen LogP contribution is 2.44. The first-order chi connectivity index (χ1) is 8.07. The molecule has 1 aliphatic rings. The van der Waals surface area contributed by atoms with Crippen LogP contribution in [0.1, 0.15) is 22.3 Å². The number of alkyl halides is 2. The average Bonchev–Trinajstić information content (AvgIpc) is 2.52. The number of ether oxygens (including phenoxy) is 2. The monoisotopic (exact) mass is 362 g/mol. The Morgan fingerprint density at radius 2 is 2.12 bits per heavy atom. The van der Waals surface area contributed by atoms with E-state index in [2.05, 4.69) is 31.9 Å². The fraction of sp³-hybridized carbons (Fsp3) is 0.273. The van der Waals surface area contributed by atoms with Crippen LogP contribution in [0.25, 0.3) is 0 Å². The molecule has 0 N–H and O–H groups in total. The van der Waals surface area contributed by atoms with Gasteiger partial charge in [-0.3, -0.25) is 4.79 Å². The Morgan fingerprint density at radius 1 is 1.41 bits per heavy atom. The van der Waals surface area contributed by atoms with Crippen molar-refractivity contribution in [3.8, 4) is 0 Å². The molecule has 0 spiro atoms. The van der Waals surface area contributed by atoms with Gasteiger partial charge in [-0.05, 0) is 37.9 Å². The van der Waals surface area contributed by atoms with Crippen molar-refractivity contribution in [2.75, 3.05) is 5.52 Å². The summed E-state index contributed by atoms with van der Waals surface area (Å²) in [6.45, 7) is 0. The summed E-state index contributed by atoms with van der Waals surface area (Å²) in [6, 6.07) is 6.94. The second-order valence-electron chi connectivity index (χ2n) is 3.47. The second-order valence-corrected chi connectivity index (χ2v) is 5.20. The largest absolute Gasteiger partial charge is 0.454 e. The van der Waals surface area contributed by atoms with Crippen LogP contribution in [0.15, 0.2) is 24.3 Å². The molecule has 0 aliphatic carbocycles. The van der Waals surface area contributed by atoms with E-state index in [1.165, 1.54) is 0 Å². The summed E-state index contributed by atoms with van der Waals surface area (Å²) in [6.07, 6.45) is -0.0681. The fourth-order valence-corrected chi connectivity index (χ4v) is 2.65. The predicted octanol–water partition coefficient (Wildman–Crippen LogP) is 2.69. The third kappa shape index (κ3) is 2.37. The number of cyclic esters (lactones) is 1. The molecule has 4 nitrogen and oxygen atoms in total. The lowest BCUT2D eigenvalue weighted by atomic mass is 10.0. The summed E-state index contributed by atoms with van der Waals surface area (Å²) in [5, 5.41) is 0.